The van der Waals surface area contributed by atoms with Gasteiger partial charge >= 0.3 is 5.97 Å². The molecule has 12 heavy (non-hydrogen) atoms. The van der Waals surface area contributed by atoms with E-state index >= 15 is 0 Å². The molecular formula is C8H17NO3. The number of ether oxygens (including phenoxy) is 1. The number of hydrogen-bond donors (Lipinski definition) is 1. The molecule has 0 aromatic rings. The lowest BCUT2D eigenvalue weighted by molar-refractivity contribution is -0.143. The van der Waals surface area contributed by atoms with E-state index in [0.29, 0.717) is 26.1 Å². The summed E-state index contributed by atoms with van der Waals surface area (Å²) < 4.78 is 4.85. The summed E-state index contributed by atoms with van der Waals surface area (Å²) in [5.74, 6) is -0.174. The Kier molecular flexibility index (Phi) is 6.70. The molecule has 0 amide bonds. The summed E-state index contributed by atoms with van der Waals surface area (Å²) in [4.78, 5) is 12.6. The molecule has 0 aliphatic rings. The van der Waals surface area contributed by atoms with Gasteiger partial charge in [0.1, 0.15) is 6.61 Å². The molecule has 0 unspecified atom stereocenters. The fourth-order valence-electron chi connectivity index (χ4n) is 0.700. The number of carbonyl (C=O) groups is 1. The lowest BCUT2D eigenvalue weighted by Crippen LogP contribution is -2.26. The quantitative estimate of drug-likeness (QED) is 0.571. The van der Waals surface area contributed by atoms with Crippen LogP contribution in [0.2, 0.25) is 0 Å². The molecule has 0 saturated heterocycles. The fraction of sp³-hybridized carbons (Fsp3) is 0.875. The minimum atomic E-state index is -0.174. The van der Waals surface area contributed by atoms with Gasteiger partial charge < -0.3 is 14.7 Å². The largest absolute Gasteiger partial charge is 0.464 e. The van der Waals surface area contributed by atoms with E-state index in [1.54, 1.807) is 6.92 Å². The third-order valence-corrected chi connectivity index (χ3v) is 1.51. The van der Waals surface area contributed by atoms with Gasteiger partial charge in [-0.15, -0.1) is 0 Å². The SMILES string of the molecule is CCC(=O)OCCN(C)CCO. The number of esters is 1. The third-order valence-electron chi connectivity index (χ3n) is 1.51. The standard InChI is InChI=1S/C8H17NO3/c1-3-8(11)12-7-5-9(2)4-6-10/h10H,3-7H2,1-2H3. The van der Waals surface area contributed by atoms with Gasteiger partial charge in [0.15, 0.2) is 0 Å². The Balaban J connectivity index is 3.24. The van der Waals surface area contributed by atoms with Crippen LogP contribution in [0.3, 0.4) is 0 Å². The number of rotatable bonds is 6. The fourth-order valence-corrected chi connectivity index (χ4v) is 0.700. The maximum atomic E-state index is 10.7. The number of hydrogen-bond acceptors (Lipinski definition) is 4. The van der Waals surface area contributed by atoms with Crippen molar-refractivity contribution in [1.82, 2.24) is 4.90 Å². The Hall–Kier alpha value is -0.610. The minimum absolute atomic E-state index is 0.137. The van der Waals surface area contributed by atoms with Gasteiger partial charge in [-0.25, -0.2) is 0 Å². The van der Waals surface area contributed by atoms with E-state index in [4.69, 9.17) is 9.84 Å². The summed E-state index contributed by atoms with van der Waals surface area (Å²) in [7, 11) is 1.87. The zero-order chi connectivity index (χ0) is 9.40. The topological polar surface area (TPSA) is 49.8 Å². The van der Waals surface area contributed by atoms with Gasteiger partial charge in [0.25, 0.3) is 0 Å². The molecule has 1 N–H and O–H groups in total. The predicted octanol–water partition coefficient (Wildman–Crippen LogP) is -0.136. The van der Waals surface area contributed by atoms with Crippen molar-refractivity contribution in [3.63, 3.8) is 0 Å². The van der Waals surface area contributed by atoms with E-state index in [1.807, 2.05) is 11.9 Å². The van der Waals surface area contributed by atoms with Gasteiger partial charge in [-0.05, 0) is 7.05 Å². The molecule has 0 bridgehead atoms. The van der Waals surface area contributed by atoms with Gasteiger partial charge in [0.2, 0.25) is 0 Å². The van der Waals surface area contributed by atoms with E-state index in [0.717, 1.165) is 0 Å². The Morgan fingerprint density at radius 3 is 2.67 bits per heavy atom. The van der Waals surface area contributed by atoms with Crippen molar-refractivity contribution in [2.24, 2.45) is 0 Å². The summed E-state index contributed by atoms with van der Waals surface area (Å²) in [5.41, 5.74) is 0. The Bertz CT molecular complexity index is 127. The van der Waals surface area contributed by atoms with Crippen molar-refractivity contribution in [1.29, 1.82) is 0 Å². The summed E-state index contributed by atoms with van der Waals surface area (Å²) in [6.07, 6.45) is 0.420. The number of nitrogens with zero attached hydrogens (tertiary/aromatic N) is 1. The van der Waals surface area contributed by atoms with E-state index in [-0.39, 0.29) is 12.6 Å². The van der Waals surface area contributed by atoms with Crippen molar-refractivity contribution in [2.75, 3.05) is 33.4 Å². The van der Waals surface area contributed by atoms with Crippen LogP contribution in [0.25, 0.3) is 0 Å². The number of carbonyl (C=O) groups excluding carboxylic acids is 1. The van der Waals surface area contributed by atoms with Crippen molar-refractivity contribution in [2.45, 2.75) is 13.3 Å². The Morgan fingerprint density at radius 2 is 2.17 bits per heavy atom. The van der Waals surface area contributed by atoms with Gasteiger partial charge in [-0.3, -0.25) is 4.79 Å². The van der Waals surface area contributed by atoms with Crippen molar-refractivity contribution in [3.05, 3.63) is 0 Å². The first-order chi connectivity index (χ1) is 5.70. The molecule has 0 fully saturated rings. The highest BCUT2D eigenvalue weighted by atomic mass is 16.5. The Labute approximate surface area is 73.1 Å². The van der Waals surface area contributed by atoms with Crippen LogP contribution in [0.15, 0.2) is 0 Å². The lowest BCUT2D eigenvalue weighted by atomic mass is 10.5. The van der Waals surface area contributed by atoms with Gasteiger partial charge in [-0.2, -0.15) is 0 Å². The van der Waals surface area contributed by atoms with Crippen molar-refractivity contribution >= 4 is 5.97 Å². The normalized spacial score (nSPS) is 10.3. The molecule has 0 aliphatic heterocycles. The monoisotopic (exact) mass is 175 g/mol. The van der Waals surface area contributed by atoms with E-state index in [2.05, 4.69) is 0 Å². The maximum absolute atomic E-state index is 10.7. The Morgan fingerprint density at radius 1 is 1.50 bits per heavy atom. The van der Waals surface area contributed by atoms with Crippen LogP contribution in [0.5, 0.6) is 0 Å². The van der Waals surface area contributed by atoms with Gasteiger partial charge in [-0.1, -0.05) is 6.92 Å². The highest BCUT2D eigenvalue weighted by molar-refractivity contribution is 5.68. The molecule has 72 valence electrons. The van der Waals surface area contributed by atoms with Gasteiger partial charge in [0.05, 0.1) is 6.61 Å². The first-order valence-corrected chi connectivity index (χ1v) is 4.15. The maximum Gasteiger partial charge on any atom is 0.305 e. The zero-order valence-electron chi connectivity index (χ0n) is 7.75. The summed E-state index contributed by atoms with van der Waals surface area (Å²) in [6, 6.07) is 0. The van der Waals surface area contributed by atoms with Gasteiger partial charge in [0, 0.05) is 19.5 Å². The molecule has 0 radical (unpaired) electrons. The summed E-state index contributed by atoms with van der Waals surface area (Å²) in [5, 5.41) is 8.54. The number of likely N-dealkylation sites (N-methyl/N-ethyl adjacent to an activating group) is 1. The molecule has 0 rings (SSSR count). The van der Waals surface area contributed by atoms with Crippen LogP contribution in [0.1, 0.15) is 13.3 Å². The average Bonchev–Trinajstić information content (AvgIpc) is 2.04. The molecule has 0 aliphatic carbocycles. The smallest absolute Gasteiger partial charge is 0.305 e. The first-order valence-electron chi connectivity index (χ1n) is 4.15. The van der Waals surface area contributed by atoms with Crippen LogP contribution in [-0.4, -0.2) is 49.3 Å². The molecule has 0 spiro atoms. The molecule has 0 aromatic heterocycles. The second kappa shape index (κ2) is 7.06. The molecule has 4 heteroatoms. The molecular weight excluding hydrogens is 158 g/mol. The zero-order valence-corrected chi connectivity index (χ0v) is 7.75. The first kappa shape index (κ1) is 11.4. The second-order valence-corrected chi connectivity index (χ2v) is 2.60. The highest BCUT2D eigenvalue weighted by Crippen LogP contribution is 1.86. The van der Waals surface area contributed by atoms with E-state index in [9.17, 15) is 4.79 Å². The summed E-state index contributed by atoms with van der Waals surface area (Å²) >= 11 is 0. The molecule has 0 saturated carbocycles. The molecule has 0 heterocycles. The van der Waals surface area contributed by atoms with Crippen LogP contribution in [0.4, 0.5) is 0 Å². The minimum Gasteiger partial charge on any atom is -0.464 e. The third kappa shape index (κ3) is 6.12. The second-order valence-electron chi connectivity index (χ2n) is 2.60. The van der Waals surface area contributed by atoms with E-state index < -0.39 is 0 Å². The van der Waals surface area contributed by atoms with Crippen LogP contribution in [-0.2, 0) is 9.53 Å². The number of aliphatic hydroxyl groups is 1. The molecule has 0 atom stereocenters. The molecule has 0 aromatic carbocycles. The summed E-state index contributed by atoms with van der Waals surface area (Å²) in [6.45, 7) is 3.59. The van der Waals surface area contributed by atoms with Crippen LogP contribution < -0.4 is 0 Å². The van der Waals surface area contributed by atoms with Crippen molar-refractivity contribution in [3.8, 4) is 0 Å². The lowest BCUT2D eigenvalue weighted by Gasteiger charge is -2.14. The average molecular weight is 175 g/mol. The predicted molar refractivity (Wildman–Crippen MR) is 45.8 cm³/mol. The van der Waals surface area contributed by atoms with Crippen LogP contribution in [0, 0.1) is 0 Å². The number of aliphatic hydroxyl groups excluding tert-OH is 1. The van der Waals surface area contributed by atoms with E-state index in [1.165, 1.54) is 0 Å². The van der Waals surface area contributed by atoms with Crippen LogP contribution >= 0.6 is 0 Å². The van der Waals surface area contributed by atoms with Crippen molar-refractivity contribution < 1.29 is 14.6 Å². The molecule has 4 nitrogen and oxygen atoms in total. The highest BCUT2D eigenvalue weighted by Gasteiger charge is 2.00.